The van der Waals surface area contributed by atoms with Crippen molar-refractivity contribution in [3.8, 4) is 11.5 Å². The van der Waals surface area contributed by atoms with Crippen LogP contribution in [-0.4, -0.2) is 31.6 Å². The number of nitrogens with zero attached hydrogens (tertiary/aromatic N) is 1. The molecule has 0 radical (unpaired) electrons. The second kappa shape index (κ2) is 10.2. The molecular weight excluding hydrogens is 416 g/mol. The number of benzene rings is 3. The number of fused-ring (bicyclic) bond motifs is 1. The zero-order valence-electron chi connectivity index (χ0n) is 19.0. The predicted molar refractivity (Wildman–Crippen MR) is 129 cm³/mol. The first-order valence-corrected chi connectivity index (χ1v) is 11.1. The number of unbranched alkanes of at least 4 members (excludes halogenated alkanes) is 1. The van der Waals surface area contributed by atoms with Gasteiger partial charge in [0.2, 0.25) is 0 Å². The molecular formula is C27H28N2O4. The molecule has 0 aromatic heterocycles. The second-order valence-electron chi connectivity index (χ2n) is 8.21. The molecule has 4 rings (SSSR count). The summed E-state index contributed by atoms with van der Waals surface area (Å²) in [5.41, 5.74) is 4.12. The average Bonchev–Trinajstić information content (AvgIpc) is 2.80. The van der Waals surface area contributed by atoms with Gasteiger partial charge in [0.05, 0.1) is 12.3 Å². The number of carbonyl (C=O) groups is 2. The van der Waals surface area contributed by atoms with E-state index in [1.54, 1.807) is 35.2 Å². The van der Waals surface area contributed by atoms with E-state index in [1.807, 2.05) is 50.2 Å². The fourth-order valence-corrected chi connectivity index (χ4v) is 3.70. The molecule has 1 aliphatic heterocycles. The van der Waals surface area contributed by atoms with E-state index in [2.05, 4.69) is 5.32 Å². The summed E-state index contributed by atoms with van der Waals surface area (Å²) < 4.78 is 11.4. The molecule has 1 aliphatic rings. The van der Waals surface area contributed by atoms with Gasteiger partial charge in [-0.25, -0.2) is 0 Å². The largest absolute Gasteiger partial charge is 0.494 e. The smallest absolute Gasteiger partial charge is 0.265 e. The van der Waals surface area contributed by atoms with E-state index in [1.165, 1.54) is 0 Å². The van der Waals surface area contributed by atoms with Crippen LogP contribution in [0.2, 0.25) is 0 Å². The van der Waals surface area contributed by atoms with Crippen LogP contribution in [0.25, 0.3) is 0 Å². The van der Waals surface area contributed by atoms with Crippen LogP contribution in [0, 0.1) is 13.8 Å². The van der Waals surface area contributed by atoms with Gasteiger partial charge in [0.15, 0.2) is 6.61 Å². The summed E-state index contributed by atoms with van der Waals surface area (Å²) in [5.74, 6) is 1.21. The minimum atomic E-state index is -0.196. The van der Waals surface area contributed by atoms with Crippen LogP contribution in [-0.2, 0) is 4.79 Å². The highest BCUT2D eigenvalue weighted by atomic mass is 16.5. The highest BCUT2D eigenvalue weighted by Gasteiger charge is 2.25. The molecule has 0 saturated heterocycles. The zero-order chi connectivity index (χ0) is 23.2. The third kappa shape index (κ3) is 5.71. The molecule has 0 atom stereocenters. The molecule has 6 heteroatoms. The van der Waals surface area contributed by atoms with E-state index in [0.717, 1.165) is 29.7 Å². The van der Waals surface area contributed by atoms with Crippen molar-refractivity contribution >= 4 is 23.2 Å². The fourth-order valence-electron chi connectivity index (χ4n) is 3.70. The van der Waals surface area contributed by atoms with E-state index in [0.29, 0.717) is 35.8 Å². The average molecular weight is 445 g/mol. The molecule has 3 aromatic rings. The van der Waals surface area contributed by atoms with Crippen LogP contribution in [0.5, 0.6) is 11.5 Å². The lowest BCUT2D eigenvalue weighted by molar-refractivity contribution is -0.121. The van der Waals surface area contributed by atoms with Crippen LogP contribution < -0.4 is 19.7 Å². The van der Waals surface area contributed by atoms with Crippen LogP contribution in [0.15, 0.2) is 66.7 Å². The van der Waals surface area contributed by atoms with Gasteiger partial charge in [-0.3, -0.25) is 9.59 Å². The van der Waals surface area contributed by atoms with Crippen molar-refractivity contribution in [3.63, 3.8) is 0 Å². The second-order valence-corrected chi connectivity index (χ2v) is 8.21. The summed E-state index contributed by atoms with van der Waals surface area (Å²) in [6, 6.07) is 20.7. The third-order valence-electron chi connectivity index (χ3n) is 5.51. The molecule has 0 spiro atoms. The Morgan fingerprint density at radius 2 is 1.82 bits per heavy atom. The lowest BCUT2D eigenvalue weighted by Gasteiger charge is -2.30. The SMILES string of the molecule is Cc1ccc(C(=O)Nc2ccc3c(c2)N(CCCCOc2cccc(C)c2)C(=O)CO3)cc1. The Morgan fingerprint density at radius 1 is 1.00 bits per heavy atom. The summed E-state index contributed by atoms with van der Waals surface area (Å²) in [6.07, 6.45) is 1.61. The highest BCUT2D eigenvalue weighted by molar-refractivity contribution is 6.05. The summed E-state index contributed by atoms with van der Waals surface area (Å²) in [7, 11) is 0. The van der Waals surface area contributed by atoms with Gasteiger partial charge in [0, 0.05) is 17.8 Å². The van der Waals surface area contributed by atoms with Crippen LogP contribution >= 0.6 is 0 Å². The molecule has 0 saturated carbocycles. The minimum absolute atomic E-state index is 0.0157. The molecule has 1 heterocycles. The topological polar surface area (TPSA) is 67.9 Å². The lowest BCUT2D eigenvalue weighted by Crippen LogP contribution is -2.39. The standard InChI is InChI=1S/C27H28N2O4/c1-19-8-10-21(11-9-19)27(31)28-22-12-13-25-24(17-22)29(26(30)18-33-25)14-3-4-15-32-23-7-5-6-20(2)16-23/h5-13,16-17H,3-4,14-15,18H2,1-2H3,(H,28,31). The normalized spacial score (nSPS) is 12.7. The van der Waals surface area contributed by atoms with Crippen molar-refractivity contribution in [2.24, 2.45) is 0 Å². The Bertz CT molecular complexity index is 1140. The van der Waals surface area contributed by atoms with Crippen LogP contribution in [0.1, 0.15) is 34.3 Å². The van der Waals surface area contributed by atoms with Gasteiger partial charge in [-0.15, -0.1) is 0 Å². The van der Waals surface area contributed by atoms with Gasteiger partial charge in [0.25, 0.3) is 11.8 Å². The Labute approximate surface area is 194 Å². The Kier molecular flexibility index (Phi) is 6.93. The third-order valence-corrected chi connectivity index (χ3v) is 5.51. The van der Waals surface area contributed by atoms with Gasteiger partial charge >= 0.3 is 0 Å². The zero-order valence-corrected chi connectivity index (χ0v) is 19.0. The number of ether oxygens (including phenoxy) is 2. The number of nitrogens with one attached hydrogen (secondary N) is 1. The van der Waals surface area contributed by atoms with Gasteiger partial charge in [-0.1, -0.05) is 29.8 Å². The first-order valence-electron chi connectivity index (χ1n) is 11.1. The number of carbonyl (C=O) groups excluding carboxylic acids is 2. The monoisotopic (exact) mass is 444 g/mol. The van der Waals surface area contributed by atoms with Gasteiger partial charge in [-0.2, -0.15) is 0 Å². The van der Waals surface area contributed by atoms with Crippen molar-refractivity contribution in [3.05, 3.63) is 83.4 Å². The fraction of sp³-hybridized carbons (Fsp3) is 0.259. The van der Waals surface area contributed by atoms with E-state index in [9.17, 15) is 9.59 Å². The maximum absolute atomic E-state index is 12.6. The van der Waals surface area contributed by atoms with Gasteiger partial charge < -0.3 is 19.7 Å². The molecule has 3 aromatic carbocycles. The molecule has 0 unspecified atom stereocenters. The van der Waals surface area contributed by atoms with Gasteiger partial charge in [-0.05, 0) is 74.7 Å². The van der Waals surface area contributed by atoms with Crippen molar-refractivity contribution in [2.75, 3.05) is 30.0 Å². The van der Waals surface area contributed by atoms with Crippen molar-refractivity contribution < 1.29 is 19.1 Å². The van der Waals surface area contributed by atoms with Crippen molar-refractivity contribution in [2.45, 2.75) is 26.7 Å². The molecule has 170 valence electrons. The van der Waals surface area contributed by atoms with Crippen LogP contribution in [0.3, 0.4) is 0 Å². The summed E-state index contributed by atoms with van der Waals surface area (Å²) in [6.45, 7) is 5.17. The molecule has 0 fully saturated rings. The van der Waals surface area contributed by atoms with Crippen LogP contribution in [0.4, 0.5) is 11.4 Å². The van der Waals surface area contributed by atoms with Crippen molar-refractivity contribution in [1.82, 2.24) is 0 Å². The predicted octanol–water partition coefficient (Wildman–Crippen LogP) is 5.14. The Morgan fingerprint density at radius 3 is 2.61 bits per heavy atom. The molecule has 33 heavy (non-hydrogen) atoms. The number of rotatable bonds is 8. The molecule has 2 amide bonds. The molecule has 1 N–H and O–H groups in total. The number of aryl methyl sites for hydroxylation is 2. The number of anilines is 2. The molecule has 6 nitrogen and oxygen atoms in total. The van der Waals surface area contributed by atoms with E-state index >= 15 is 0 Å². The van der Waals surface area contributed by atoms with Crippen molar-refractivity contribution in [1.29, 1.82) is 0 Å². The maximum atomic E-state index is 12.6. The number of hydrogen-bond acceptors (Lipinski definition) is 4. The number of amides is 2. The number of hydrogen-bond donors (Lipinski definition) is 1. The van der Waals surface area contributed by atoms with E-state index < -0.39 is 0 Å². The quantitative estimate of drug-likeness (QED) is 0.489. The summed E-state index contributed by atoms with van der Waals surface area (Å²) >= 11 is 0. The molecule has 0 aliphatic carbocycles. The first-order chi connectivity index (χ1) is 16.0. The highest BCUT2D eigenvalue weighted by Crippen LogP contribution is 2.35. The Balaban J connectivity index is 1.37. The Hall–Kier alpha value is -3.80. The minimum Gasteiger partial charge on any atom is -0.494 e. The van der Waals surface area contributed by atoms with Gasteiger partial charge in [0.1, 0.15) is 11.5 Å². The maximum Gasteiger partial charge on any atom is 0.265 e. The van der Waals surface area contributed by atoms with E-state index in [4.69, 9.17) is 9.47 Å². The summed E-state index contributed by atoms with van der Waals surface area (Å²) in [4.78, 5) is 26.9. The lowest BCUT2D eigenvalue weighted by atomic mass is 10.1. The molecule has 0 bridgehead atoms. The summed E-state index contributed by atoms with van der Waals surface area (Å²) in [5, 5.41) is 2.91. The van der Waals surface area contributed by atoms with E-state index in [-0.39, 0.29) is 18.4 Å². The first kappa shape index (κ1) is 22.4.